The molecular formula is C14H22N2O2S. The van der Waals surface area contributed by atoms with Crippen molar-refractivity contribution in [3.8, 4) is 0 Å². The van der Waals surface area contributed by atoms with Gasteiger partial charge in [0.25, 0.3) is 0 Å². The number of hydrogen-bond donors (Lipinski definition) is 1. The molecule has 0 bridgehead atoms. The highest BCUT2D eigenvalue weighted by Gasteiger charge is 2.20. The van der Waals surface area contributed by atoms with Gasteiger partial charge in [-0.1, -0.05) is 18.2 Å². The molecule has 2 rings (SSSR count). The lowest BCUT2D eigenvalue weighted by Crippen LogP contribution is -2.34. The van der Waals surface area contributed by atoms with Crippen molar-refractivity contribution in [2.24, 2.45) is 0 Å². The van der Waals surface area contributed by atoms with Crippen molar-refractivity contribution in [1.29, 1.82) is 0 Å². The molecule has 1 aromatic carbocycles. The standard InChI is InChI=1S/C14H22N2O2S/c1-12(2)19(17,18)10-9-16-8-7-15-11-13-5-3-4-6-14(13)16/h3-6,12,15H,7-11H2,1-2H3. The molecule has 0 amide bonds. The van der Waals surface area contributed by atoms with E-state index in [9.17, 15) is 8.42 Å². The van der Waals surface area contributed by atoms with Crippen LogP contribution < -0.4 is 10.2 Å². The third kappa shape index (κ3) is 3.48. The van der Waals surface area contributed by atoms with E-state index in [1.807, 2.05) is 12.1 Å². The summed E-state index contributed by atoms with van der Waals surface area (Å²) < 4.78 is 23.9. The van der Waals surface area contributed by atoms with Crippen LogP contribution in [0.3, 0.4) is 0 Å². The Balaban J connectivity index is 2.13. The van der Waals surface area contributed by atoms with Crippen LogP contribution in [0.2, 0.25) is 0 Å². The lowest BCUT2D eigenvalue weighted by molar-refractivity contribution is 0.585. The molecule has 4 nitrogen and oxygen atoms in total. The SMILES string of the molecule is CC(C)S(=O)(=O)CCN1CCNCc2ccccc21. The van der Waals surface area contributed by atoms with Crippen LogP contribution in [-0.2, 0) is 16.4 Å². The quantitative estimate of drug-likeness (QED) is 0.907. The molecule has 1 aliphatic heterocycles. The highest BCUT2D eigenvalue weighted by molar-refractivity contribution is 7.92. The molecular weight excluding hydrogens is 260 g/mol. The first-order valence-corrected chi connectivity index (χ1v) is 8.47. The molecule has 1 heterocycles. The van der Waals surface area contributed by atoms with Gasteiger partial charge in [0.1, 0.15) is 0 Å². The first kappa shape index (κ1) is 14.3. The van der Waals surface area contributed by atoms with E-state index in [0.717, 1.165) is 25.3 Å². The summed E-state index contributed by atoms with van der Waals surface area (Å²) in [6.45, 7) is 6.64. The van der Waals surface area contributed by atoms with Crippen molar-refractivity contribution in [3.05, 3.63) is 29.8 Å². The van der Waals surface area contributed by atoms with Crippen molar-refractivity contribution in [2.75, 3.05) is 30.3 Å². The summed E-state index contributed by atoms with van der Waals surface area (Å²) in [7, 11) is -2.97. The molecule has 0 unspecified atom stereocenters. The van der Waals surface area contributed by atoms with Crippen molar-refractivity contribution >= 4 is 15.5 Å². The predicted molar refractivity (Wildman–Crippen MR) is 79.3 cm³/mol. The number of benzene rings is 1. The number of nitrogens with one attached hydrogen (secondary N) is 1. The Morgan fingerprint density at radius 2 is 2.05 bits per heavy atom. The maximum atomic E-state index is 11.9. The van der Waals surface area contributed by atoms with Crippen LogP contribution in [0.25, 0.3) is 0 Å². The Labute approximate surface area is 115 Å². The Bertz CT molecular complexity index is 526. The summed E-state index contributed by atoms with van der Waals surface area (Å²) in [5.41, 5.74) is 2.40. The highest BCUT2D eigenvalue weighted by atomic mass is 32.2. The molecule has 0 aliphatic carbocycles. The predicted octanol–water partition coefficient (Wildman–Crippen LogP) is 1.42. The van der Waals surface area contributed by atoms with Gasteiger partial charge in [-0.05, 0) is 25.5 Å². The number of rotatable bonds is 4. The van der Waals surface area contributed by atoms with Gasteiger partial charge in [-0.3, -0.25) is 0 Å². The van der Waals surface area contributed by atoms with E-state index in [1.165, 1.54) is 5.56 Å². The van der Waals surface area contributed by atoms with Gasteiger partial charge >= 0.3 is 0 Å². The lowest BCUT2D eigenvalue weighted by atomic mass is 10.1. The molecule has 0 saturated heterocycles. The summed E-state index contributed by atoms with van der Waals surface area (Å²) in [4.78, 5) is 2.18. The van der Waals surface area contributed by atoms with Crippen molar-refractivity contribution < 1.29 is 8.42 Å². The first-order chi connectivity index (χ1) is 9.00. The van der Waals surface area contributed by atoms with Gasteiger partial charge < -0.3 is 10.2 Å². The van der Waals surface area contributed by atoms with E-state index in [2.05, 4.69) is 22.3 Å². The maximum Gasteiger partial charge on any atom is 0.154 e. The molecule has 1 aromatic rings. The second-order valence-corrected chi connectivity index (χ2v) is 7.89. The van der Waals surface area contributed by atoms with E-state index in [0.29, 0.717) is 6.54 Å². The zero-order valence-electron chi connectivity index (χ0n) is 11.6. The van der Waals surface area contributed by atoms with Crippen LogP contribution in [0.1, 0.15) is 19.4 Å². The fourth-order valence-electron chi connectivity index (χ4n) is 2.23. The van der Waals surface area contributed by atoms with E-state index < -0.39 is 9.84 Å². The van der Waals surface area contributed by atoms with Crippen molar-refractivity contribution in [1.82, 2.24) is 5.32 Å². The van der Waals surface area contributed by atoms with E-state index in [4.69, 9.17) is 0 Å². The molecule has 106 valence electrons. The molecule has 1 N–H and O–H groups in total. The van der Waals surface area contributed by atoms with E-state index in [1.54, 1.807) is 13.8 Å². The molecule has 19 heavy (non-hydrogen) atoms. The Morgan fingerprint density at radius 1 is 1.32 bits per heavy atom. The van der Waals surface area contributed by atoms with Gasteiger partial charge in [0.05, 0.1) is 11.0 Å². The Hall–Kier alpha value is -1.07. The molecule has 0 atom stereocenters. The summed E-state index contributed by atoms with van der Waals surface area (Å²) in [5, 5.41) is 3.06. The third-order valence-corrected chi connectivity index (χ3v) is 5.76. The number of anilines is 1. The molecule has 0 saturated carbocycles. The minimum Gasteiger partial charge on any atom is -0.369 e. The van der Waals surface area contributed by atoms with Gasteiger partial charge in [0.15, 0.2) is 9.84 Å². The summed E-state index contributed by atoms with van der Waals surface area (Å²) in [5.74, 6) is 0.221. The largest absolute Gasteiger partial charge is 0.369 e. The summed E-state index contributed by atoms with van der Waals surface area (Å²) >= 11 is 0. The molecule has 5 heteroatoms. The monoisotopic (exact) mass is 282 g/mol. The van der Waals surface area contributed by atoms with Gasteiger partial charge in [-0.2, -0.15) is 0 Å². The van der Waals surface area contributed by atoms with Crippen LogP contribution >= 0.6 is 0 Å². The van der Waals surface area contributed by atoms with Crippen LogP contribution in [0, 0.1) is 0 Å². The van der Waals surface area contributed by atoms with Crippen LogP contribution in [0.5, 0.6) is 0 Å². The fourth-order valence-corrected chi connectivity index (χ4v) is 3.18. The van der Waals surface area contributed by atoms with Crippen LogP contribution in [-0.4, -0.2) is 39.1 Å². The maximum absolute atomic E-state index is 11.9. The number of nitrogens with zero attached hydrogens (tertiary/aromatic N) is 1. The number of sulfone groups is 1. The molecule has 1 aliphatic rings. The fraction of sp³-hybridized carbons (Fsp3) is 0.571. The lowest BCUT2D eigenvalue weighted by Gasteiger charge is -2.24. The first-order valence-electron chi connectivity index (χ1n) is 6.76. The summed E-state index contributed by atoms with van der Waals surface area (Å²) in [6.07, 6.45) is 0. The number of hydrogen-bond acceptors (Lipinski definition) is 4. The van der Waals surface area contributed by atoms with Gasteiger partial charge in [0.2, 0.25) is 0 Å². The number of fused-ring (bicyclic) bond motifs is 1. The van der Waals surface area contributed by atoms with E-state index in [-0.39, 0.29) is 11.0 Å². The Morgan fingerprint density at radius 3 is 2.79 bits per heavy atom. The van der Waals surface area contributed by atoms with Crippen molar-refractivity contribution in [3.63, 3.8) is 0 Å². The average Bonchev–Trinajstić information content (AvgIpc) is 2.58. The van der Waals surface area contributed by atoms with E-state index >= 15 is 0 Å². The van der Waals surface area contributed by atoms with Gasteiger partial charge in [-0.25, -0.2) is 8.42 Å². The zero-order chi connectivity index (χ0) is 13.9. The smallest absolute Gasteiger partial charge is 0.154 e. The average molecular weight is 282 g/mol. The second kappa shape index (κ2) is 5.92. The molecule has 0 fully saturated rings. The normalized spacial score (nSPS) is 16.3. The van der Waals surface area contributed by atoms with Gasteiger partial charge in [-0.15, -0.1) is 0 Å². The van der Waals surface area contributed by atoms with Gasteiger partial charge in [0, 0.05) is 31.9 Å². The third-order valence-electron chi connectivity index (χ3n) is 3.57. The number of para-hydroxylation sites is 1. The van der Waals surface area contributed by atoms with Crippen LogP contribution in [0.15, 0.2) is 24.3 Å². The minimum absolute atomic E-state index is 0.221. The second-order valence-electron chi connectivity index (χ2n) is 5.21. The highest BCUT2D eigenvalue weighted by Crippen LogP contribution is 2.22. The Kier molecular flexibility index (Phi) is 4.47. The molecule has 0 aromatic heterocycles. The van der Waals surface area contributed by atoms with Crippen LogP contribution in [0.4, 0.5) is 5.69 Å². The van der Waals surface area contributed by atoms with Crippen molar-refractivity contribution in [2.45, 2.75) is 25.6 Å². The topological polar surface area (TPSA) is 49.4 Å². The molecule has 0 spiro atoms. The zero-order valence-corrected chi connectivity index (χ0v) is 12.4. The summed E-state index contributed by atoms with van der Waals surface area (Å²) in [6, 6.07) is 8.20. The minimum atomic E-state index is -2.97. The molecule has 0 radical (unpaired) electrons.